The van der Waals surface area contributed by atoms with E-state index in [2.05, 4.69) is 15.9 Å². The summed E-state index contributed by atoms with van der Waals surface area (Å²) in [6.45, 7) is 0.0209. The van der Waals surface area contributed by atoms with Gasteiger partial charge >= 0.3 is 6.18 Å². The molecular formula is C11H9BrF3NO2. The number of rotatable bonds is 1. The number of carbonyl (C=O) groups is 1. The van der Waals surface area contributed by atoms with Crippen molar-refractivity contribution in [3.05, 3.63) is 34.2 Å². The minimum atomic E-state index is -4.30. The summed E-state index contributed by atoms with van der Waals surface area (Å²) >= 11 is 3.07. The maximum atomic E-state index is 12.4. The van der Waals surface area contributed by atoms with Gasteiger partial charge in [0.1, 0.15) is 0 Å². The van der Waals surface area contributed by atoms with E-state index in [1.54, 1.807) is 0 Å². The molecule has 1 aliphatic heterocycles. The van der Waals surface area contributed by atoms with Crippen LogP contribution in [0.3, 0.4) is 0 Å². The minimum Gasteiger partial charge on any atom is -0.457 e. The number of halogens is 4. The Bertz CT molecular complexity index is 493. The Morgan fingerprint density at radius 2 is 2.17 bits per heavy atom. The van der Waals surface area contributed by atoms with Gasteiger partial charge in [-0.2, -0.15) is 13.2 Å². The first kappa shape index (κ1) is 13.2. The van der Waals surface area contributed by atoms with Gasteiger partial charge in [0.15, 0.2) is 4.67 Å². The lowest BCUT2D eigenvalue weighted by molar-refractivity contribution is -0.0957. The van der Waals surface area contributed by atoms with Crippen LogP contribution in [-0.2, 0) is 0 Å². The van der Waals surface area contributed by atoms with Crippen molar-refractivity contribution in [3.8, 4) is 0 Å². The van der Waals surface area contributed by atoms with E-state index in [1.165, 1.54) is 17.2 Å². The van der Waals surface area contributed by atoms with E-state index in [-0.39, 0.29) is 30.1 Å². The first-order chi connectivity index (χ1) is 8.39. The largest absolute Gasteiger partial charge is 0.457 e. The fourth-order valence-corrected chi connectivity index (χ4v) is 2.14. The maximum absolute atomic E-state index is 12.4. The van der Waals surface area contributed by atoms with Crippen LogP contribution in [-0.4, -0.2) is 30.1 Å². The molecule has 1 aromatic rings. The van der Waals surface area contributed by atoms with Crippen LogP contribution in [0.4, 0.5) is 13.2 Å². The third kappa shape index (κ3) is 2.60. The Kier molecular flexibility index (Phi) is 3.52. The molecule has 1 aromatic heterocycles. The molecule has 1 amide bonds. The smallest absolute Gasteiger partial charge is 0.412 e. The standard InChI is InChI=1S/C11H9BrF3NO2/c12-9-8(3-6-18-9)10(17)16-4-1-7(2-5-16)11(13,14)15/h1,3,6H,2,4-5H2. The zero-order valence-electron chi connectivity index (χ0n) is 9.13. The monoisotopic (exact) mass is 323 g/mol. The molecule has 0 atom stereocenters. The topological polar surface area (TPSA) is 33.5 Å². The second kappa shape index (κ2) is 4.79. The van der Waals surface area contributed by atoms with Gasteiger partial charge in [-0.05, 0) is 28.4 Å². The lowest BCUT2D eigenvalue weighted by atomic mass is 10.1. The first-order valence-electron chi connectivity index (χ1n) is 5.18. The summed E-state index contributed by atoms with van der Waals surface area (Å²) < 4.78 is 42.5. The summed E-state index contributed by atoms with van der Waals surface area (Å²) in [5, 5.41) is 0. The van der Waals surface area contributed by atoms with Crippen molar-refractivity contribution in [3.63, 3.8) is 0 Å². The van der Waals surface area contributed by atoms with E-state index >= 15 is 0 Å². The Morgan fingerprint density at radius 1 is 1.44 bits per heavy atom. The predicted octanol–water partition coefficient (Wildman–Crippen LogP) is 3.38. The van der Waals surface area contributed by atoms with Crippen molar-refractivity contribution in [1.82, 2.24) is 4.90 Å². The average Bonchev–Trinajstić information content (AvgIpc) is 2.73. The number of furan rings is 1. The van der Waals surface area contributed by atoms with Crippen LogP contribution in [0.1, 0.15) is 16.8 Å². The molecule has 0 aliphatic carbocycles. The SMILES string of the molecule is O=C(c1ccoc1Br)N1CC=C(C(F)(F)F)CC1. The molecule has 3 nitrogen and oxygen atoms in total. The zero-order chi connectivity index (χ0) is 13.3. The Balaban J connectivity index is 2.09. The molecule has 0 aromatic carbocycles. The molecule has 1 aliphatic rings. The molecule has 7 heteroatoms. The highest BCUT2D eigenvalue weighted by Crippen LogP contribution is 2.30. The molecule has 0 spiro atoms. The van der Waals surface area contributed by atoms with E-state index in [9.17, 15) is 18.0 Å². The van der Waals surface area contributed by atoms with Crippen molar-refractivity contribution in [1.29, 1.82) is 0 Å². The van der Waals surface area contributed by atoms with Gasteiger partial charge in [-0.15, -0.1) is 0 Å². The van der Waals surface area contributed by atoms with Gasteiger partial charge < -0.3 is 9.32 Å². The maximum Gasteiger partial charge on any atom is 0.412 e. The molecule has 2 heterocycles. The Morgan fingerprint density at radius 3 is 2.61 bits per heavy atom. The van der Waals surface area contributed by atoms with Crippen molar-refractivity contribution in [2.45, 2.75) is 12.6 Å². The lowest BCUT2D eigenvalue weighted by Gasteiger charge is -2.27. The summed E-state index contributed by atoms with van der Waals surface area (Å²) in [6, 6.07) is 1.48. The molecule has 0 fully saturated rings. The molecule has 2 rings (SSSR count). The highest BCUT2D eigenvalue weighted by molar-refractivity contribution is 9.10. The summed E-state index contributed by atoms with van der Waals surface area (Å²) in [5.41, 5.74) is -0.253. The van der Waals surface area contributed by atoms with Crippen molar-refractivity contribution in [2.75, 3.05) is 13.1 Å². The van der Waals surface area contributed by atoms with E-state index in [0.29, 0.717) is 5.56 Å². The van der Waals surface area contributed by atoms with Crippen LogP contribution in [0.15, 0.2) is 33.1 Å². The highest BCUT2D eigenvalue weighted by atomic mass is 79.9. The van der Waals surface area contributed by atoms with Crippen LogP contribution < -0.4 is 0 Å². The Hall–Kier alpha value is -1.24. The number of carbonyl (C=O) groups excluding carboxylic acids is 1. The number of alkyl halides is 3. The van der Waals surface area contributed by atoms with Crippen LogP contribution in [0.2, 0.25) is 0 Å². The van der Waals surface area contributed by atoms with Crippen molar-refractivity contribution in [2.24, 2.45) is 0 Å². The van der Waals surface area contributed by atoms with Gasteiger partial charge in [0.2, 0.25) is 0 Å². The molecule has 18 heavy (non-hydrogen) atoms. The molecular weight excluding hydrogens is 315 g/mol. The Labute approximate surface area is 109 Å². The predicted molar refractivity (Wildman–Crippen MR) is 61.1 cm³/mol. The first-order valence-corrected chi connectivity index (χ1v) is 5.97. The van der Waals surface area contributed by atoms with Gasteiger partial charge in [-0.3, -0.25) is 4.79 Å². The van der Waals surface area contributed by atoms with Crippen LogP contribution in [0.5, 0.6) is 0 Å². The van der Waals surface area contributed by atoms with Crippen molar-refractivity contribution >= 4 is 21.8 Å². The van der Waals surface area contributed by atoms with Gasteiger partial charge in [0.05, 0.1) is 11.8 Å². The summed E-state index contributed by atoms with van der Waals surface area (Å²) in [6.07, 6.45) is -2.08. The van der Waals surface area contributed by atoms with E-state index in [4.69, 9.17) is 4.42 Å². The fraction of sp³-hybridized carbons (Fsp3) is 0.364. The third-order valence-corrected chi connectivity index (χ3v) is 3.32. The van der Waals surface area contributed by atoms with E-state index in [0.717, 1.165) is 6.08 Å². The van der Waals surface area contributed by atoms with Gasteiger partial charge in [0.25, 0.3) is 5.91 Å². The van der Waals surface area contributed by atoms with E-state index in [1.807, 2.05) is 0 Å². The quantitative estimate of drug-likeness (QED) is 0.742. The average molecular weight is 324 g/mol. The molecule has 0 bridgehead atoms. The zero-order valence-corrected chi connectivity index (χ0v) is 10.7. The van der Waals surface area contributed by atoms with Crippen LogP contribution in [0, 0.1) is 0 Å². The summed E-state index contributed by atoms with van der Waals surface area (Å²) in [4.78, 5) is 13.3. The summed E-state index contributed by atoms with van der Waals surface area (Å²) in [5.74, 6) is -0.340. The molecule has 0 radical (unpaired) electrons. The second-order valence-electron chi connectivity index (χ2n) is 3.84. The third-order valence-electron chi connectivity index (χ3n) is 2.71. The van der Waals surface area contributed by atoms with Gasteiger partial charge in [-0.25, -0.2) is 0 Å². The second-order valence-corrected chi connectivity index (χ2v) is 4.56. The molecule has 0 saturated heterocycles. The van der Waals surface area contributed by atoms with Crippen LogP contribution >= 0.6 is 15.9 Å². The normalized spacial score (nSPS) is 16.7. The molecule has 0 saturated carbocycles. The van der Waals surface area contributed by atoms with Gasteiger partial charge in [-0.1, -0.05) is 6.08 Å². The van der Waals surface area contributed by atoms with Crippen LogP contribution in [0.25, 0.3) is 0 Å². The molecule has 0 N–H and O–H groups in total. The molecule has 0 unspecified atom stereocenters. The van der Waals surface area contributed by atoms with E-state index < -0.39 is 11.7 Å². The lowest BCUT2D eigenvalue weighted by Crippen LogP contribution is -2.36. The number of amides is 1. The number of hydrogen-bond acceptors (Lipinski definition) is 2. The summed E-state index contributed by atoms with van der Waals surface area (Å²) in [7, 11) is 0. The minimum absolute atomic E-state index is 0.0364. The molecule has 98 valence electrons. The number of hydrogen-bond donors (Lipinski definition) is 0. The number of nitrogens with zero attached hydrogens (tertiary/aromatic N) is 1. The van der Waals surface area contributed by atoms with Gasteiger partial charge in [0, 0.05) is 18.7 Å². The van der Waals surface area contributed by atoms with Crippen molar-refractivity contribution < 1.29 is 22.4 Å². The fourth-order valence-electron chi connectivity index (χ4n) is 1.73. The highest BCUT2D eigenvalue weighted by Gasteiger charge is 2.35.